The van der Waals surface area contributed by atoms with Gasteiger partial charge in [0, 0.05) is 0 Å². The van der Waals surface area contributed by atoms with Crippen molar-refractivity contribution in [2.45, 2.75) is 38.7 Å². The number of rotatable bonds is 20. The lowest BCUT2D eigenvalue weighted by Crippen LogP contribution is -2.83. The summed E-state index contributed by atoms with van der Waals surface area (Å²) in [6.07, 6.45) is 4.47. The van der Waals surface area contributed by atoms with Gasteiger partial charge in [-0.05, 0) is 52.7 Å². The van der Waals surface area contributed by atoms with Gasteiger partial charge in [-0.15, -0.1) is 0 Å². The van der Waals surface area contributed by atoms with Gasteiger partial charge in [-0.25, -0.2) is 0 Å². The van der Waals surface area contributed by atoms with Crippen LogP contribution in [-0.4, -0.2) is 33.8 Å². The van der Waals surface area contributed by atoms with E-state index in [2.05, 4.69) is 280 Å². The molecule has 0 aliphatic rings. The largest absolute Gasteiger partial charge is 0.422 e. The Kier molecular flexibility index (Phi) is 14.8. The second-order valence-electron chi connectivity index (χ2n) is 17.2. The van der Waals surface area contributed by atoms with Crippen LogP contribution in [0.25, 0.3) is 0 Å². The summed E-state index contributed by atoms with van der Waals surface area (Å²) >= 11 is 0. The molecular weight excluding hydrogens is 881 g/mol. The SMILES string of the molecule is CCCCCC[Si](O[Si](O[Si](O[Si](c1ccccc1)(c1ccccc1)c1ccccc1)(c1ccccc1)c1ccccc1)(c1ccccc1)c1ccccc1)(c1ccccc1)c1ccccc1. The first kappa shape index (κ1) is 45.9. The first-order chi connectivity index (χ1) is 33.1. The Labute approximate surface area is 402 Å². The van der Waals surface area contributed by atoms with Crippen molar-refractivity contribution >= 4 is 80.4 Å². The second-order valence-corrected chi connectivity index (χ2v) is 30.8. The van der Waals surface area contributed by atoms with Crippen molar-refractivity contribution in [2.24, 2.45) is 0 Å². The van der Waals surface area contributed by atoms with Gasteiger partial charge in [-0.2, -0.15) is 0 Å². The third-order valence-corrected chi connectivity index (χ3v) is 31.5. The highest BCUT2D eigenvalue weighted by Gasteiger charge is 2.61. The average molecular weight is 939 g/mol. The van der Waals surface area contributed by atoms with Crippen molar-refractivity contribution in [2.75, 3.05) is 0 Å². The fourth-order valence-electron chi connectivity index (χ4n) is 9.68. The van der Waals surface area contributed by atoms with Crippen LogP contribution in [0.3, 0.4) is 0 Å². The molecule has 67 heavy (non-hydrogen) atoms. The molecule has 0 radical (unpaired) electrons. The molecule has 0 unspecified atom stereocenters. The van der Waals surface area contributed by atoms with Gasteiger partial charge in [-0.3, -0.25) is 0 Å². The molecule has 7 heteroatoms. The summed E-state index contributed by atoms with van der Waals surface area (Å²) in [5.41, 5.74) is 0. The quantitative estimate of drug-likeness (QED) is 0.0436. The molecule has 332 valence electrons. The average Bonchev–Trinajstić information content (AvgIpc) is 3.42. The highest BCUT2D eigenvalue weighted by molar-refractivity contribution is 7.16. The van der Waals surface area contributed by atoms with E-state index in [1.165, 1.54) is 16.8 Å². The van der Waals surface area contributed by atoms with Crippen molar-refractivity contribution in [3.05, 3.63) is 273 Å². The van der Waals surface area contributed by atoms with Crippen LogP contribution in [-0.2, 0) is 12.3 Å². The van der Waals surface area contributed by atoms with Gasteiger partial charge in [0.25, 0.3) is 8.32 Å². The van der Waals surface area contributed by atoms with Crippen molar-refractivity contribution in [3.63, 3.8) is 0 Å². The van der Waals surface area contributed by atoms with E-state index < -0.39 is 33.8 Å². The molecule has 3 nitrogen and oxygen atoms in total. The Morgan fingerprint density at radius 3 is 0.791 bits per heavy atom. The molecule has 0 spiro atoms. The highest BCUT2D eigenvalue weighted by Crippen LogP contribution is 2.29. The number of benzene rings is 9. The molecular formula is C60H58O3Si4. The van der Waals surface area contributed by atoms with Gasteiger partial charge in [0.05, 0.1) is 0 Å². The van der Waals surface area contributed by atoms with Gasteiger partial charge in [-0.1, -0.05) is 306 Å². The molecule has 0 atom stereocenters. The molecule has 0 aromatic heterocycles. The maximum atomic E-state index is 8.92. The van der Waals surface area contributed by atoms with Crippen LogP contribution in [0.1, 0.15) is 32.6 Å². The molecule has 0 saturated heterocycles. The predicted octanol–water partition coefficient (Wildman–Crippen LogP) is 8.56. The molecule has 9 rings (SSSR count). The summed E-state index contributed by atoms with van der Waals surface area (Å²) in [7, 11) is -14.8. The van der Waals surface area contributed by atoms with Crippen molar-refractivity contribution < 1.29 is 12.3 Å². The maximum absolute atomic E-state index is 8.92. The molecule has 0 saturated carbocycles. The molecule has 0 amide bonds. The monoisotopic (exact) mass is 938 g/mol. The summed E-state index contributed by atoms with van der Waals surface area (Å²) in [6.45, 7) is 2.28. The van der Waals surface area contributed by atoms with E-state index >= 15 is 0 Å². The minimum Gasteiger partial charge on any atom is -0.422 e. The van der Waals surface area contributed by atoms with Gasteiger partial charge in [0.1, 0.15) is 0 Å². The van der Waals surface area contributed by atoms with Crippen LogP contribution in [0.2, 0.25) is 6.04 Å². The maximum Gasteiger partial charge on any atom is 0.389 e. The van der Waals surface area contributed by atoms with Crippen LogP contribution in [0.5, 0.6) is 0 Å². The highest BCUT2D eigenvalue weighted by atomic mass is 28.5. The zero-order valence-electron chi connectivity index (χ0n) is 38.2. The second kappa shape index (κ2) is 21.6. The van der Waals surface area contributed by atoms with Crippen LogP contribution < -0.4 is 46.7 Å². The van der Waals surface area contributed by atoms with Crippen molar-refractivity contribution in [1.82, 2.24) is 0 Å². The molecule has 0 N–H and O–H groups in total. The molecule has 0 heterocycles. The molecule has 0 aliphatic heterocycles. The van der Waals surface area contributed by atoms with Crippen molar-refractivity contribution in [1.29, 1.82) is 0 Å². The molecule has 9 aromatic rings. The normalized spacial score (nSPS) is 12.1. The summed E-state index contributed by atoms with van der Waals surface area (Å²) in [4.78, 5) is 0. The third-order valence-electron chi connectivity index (χ3n) is 12.9. The first-order valence-electron chi connectivity index (χ1n) is 23.7. The van der Waals surface area contributed by atoms with Crippen LogP contribution in [0.15, 0.2) is 273 Å². The molecule has 9 aromatic carbocycles. The van der Waals surface area contributed by atoms with Crippen LogP contribution >= 0.6 is 0 Å². The zero-order valence-corrected chi connectivity index (χ0v) is 42.2. The van der Waals surface area contributed by atoms with Gasteiger partial charge < -0.3 is 12.3 Å². The lowest BCUT2D eigenvalue weighted by molar-refractivity contribution is 0.359. The number of hydrogen-bond donors (Lipinski definition) is 0. The summed E-state index contributed by atoms with van der Waals surface area (Å²) in [5.74, 6) is 0. The standard InChI is InChI=1S/C60H58O3Si4/c1-2-3-4-32-51-64(52-33-14-5-15-34-52,53-35-16-6-17-36-53)61-66(57-43-24-10-25-44-57,58-45-26-11-27-46-58)63-67(59-47-28-12-29-48-59,60-49-30-13-31-50-60)62-65(54-37-18-7-19-38-54,55-39-20-8-21-40-55)56-41-22-9-23-42-56/h5-31,33-50H,2-4,32,51H2,1H3. The summed E-state index contributed by atoms with van der Waals surface area (Å²) < 4.78 is 26.5. The van der Waals surface area contributed by atoms with Gasteiger partial charge in [0.15, 0.2) is 0 Å². The topological polar surface area (TPSA) is 27.7 Å². The molecule has 0 aliphatic carbocycles. The van der Waals surface area contributed by atoms with Crippen LogP contribution in [0, 0.1) is 0 Å². The van der Waals surface area contributed by atoms with E-state index in [-0.39, 0.29) is 0 Å². The lowest BCUT2D eigenvalue weighted by Gasteiger charge is -2.49. The smallest absolute Gasteiger partial charge is 0.389 e. The van der Waals surface area contributed by atoms with E-state index in [1.807, 2.05) is 0 Å². The fourth-order valence-corrected chi connectivity index (χ4v) is 31.9. The zero-order chi connectivity index (χ0) is 45.7. The third kappa shape index (κ3) is 9.50. The lowest BCUT2D eigenvalue weighted by atomic mass is 10.2. The Hall–Kier alpha value is -6.27. The van der Waals surface area contributed by atoms with Gasteiger partial charge in [0.2, 0.25) is 8.32 Å². The Morgan fingerprint density at radius 2 is 0.507 bits per heavy atom. The fraction of sp³-hybridized carbons (Fsp3) is 0.100. The number of hydrogen-bond acceptors (Lipinski definition) is 3. The summed E-state index contributed by atoms with van der Waals surface area (Å²) in [5, 5.41) is 10.0. The van der Waals surface area contributed by atoms with E-state index in [9.17, 15) is 0 Å². The van der Waals surface area contributed by atoms with E-state index in [0.717, 1.165) is 61.6 Å². The van der Waals surface area contributed by atoms with E-state index in [0.29, 0.717) is 0 Å². The van der Waals surface area contributed by atoms with Crippen LogP contribution in [0.4, 0.5) is 0 Å². The Balaban J connectivity index is 1.43. The summed E-state index contributed by atoms with van der Waals surface area (Å²) in [6, 6.07) is 99.3. The molecule has 0 fully saturated rings. The van der Waals surface area contributed by atoms with E-state index in [1.54, 1.807) is 0 Å². The number of unbranched alkanes of at least 4 members (excludes halogenated alkanes) is 3. The Bertz CT molecular complexity index is 2630. The minimum absolute atomic E-state index is 0.891. The first-order valence-corrected chi connectivity index (χ1v) is 31.4. The van der Waals surface area contributed by atoms with E-state index in [4.69, 9.17) is 12.3 Å². The minimum atomic E-state index is -4.06. The van der Waals surface area contributed by atoms with Gasteiger partial charge >= 0.3 is 17.1 Å². The van der Waals surface area contributed by atoms with Crippen molar-refractivity contribution in [3.8, 4) is 0 Å². The Morgan fingerprint density at radius 1 is 0.254 bits per heavy atom. The predicted molar refractivity (Wildman–Crippen MR) is 290 cm³/mol. The molecule has 0 bridgehead atoms.